The van der Waals surface area contributed by atoms with Gasteiger partial charge < -0.3 is 25.1 Å². The fraction of sp³-hybridized carbons (Fsp3) is 0.417. The highest BCUT2D eigenvalue weighted by molar-refractivity contribution is 5.65. The molecule has 1 atom stereocenters. The Bertz CT molecular complexity index is 392. The van der Waals surface area contributed by atoms with Crippen LogP contribution in [0.3, 0.4) is 0 Å². The van der Waals surface area contributed by atoms with Crippen molar-refractivity contribution in [2.75, 3.05) is 13.7 Å². The number of carboxylic acids is 1. The summed E-state index contributed by atoms with van der Waals surface area (Å²) in [5.41, 5.74) is 4.57. The summed E-state index contributed by atoms with van der Waals surface area (Å²) in [5, 5.41) is 10.5. The van der Waals surface area contributed by atoms with E-state index in [2.05, 4.69) is 5.73 Å². The molecule has 0 amide bonds. The minimum atomic E-state index is -1.11. The van der Waals surface area contributed by atoms with Gasteiger partial charge in [0.05, 0.1) is 13.7 Å². The predicted octanol–water partition coefficient (Wildman–Crippen LogP) is -0.483. The maximum Gasteiger partial charge on any atom is 0.161 e. The summed E-state index contributed by atoms with van der Waals surface area (Å²) in [6.45, 7) is 2.43. The van der Waals surface area contributed by atoms with Gasteiger partial charge in [0.25, 0.3) is 0 Å². The third-order valence-electron chi connectivity index (χ3n) is 2.37. The molecule has 0 fully saturated rings. The van der Waals surface area contributed by atoms with Crippen LogP contribution in [0.25, 0.3) is 0 Å². The molecular weight excluding hydrogens is 222 g/mol. The van der Waals surface area contributed by atoms with E-state index in [1.807, 2.05) is 6.92 Å². The average Bonchev–Trinajstić information content (AvgIpc) is 2.29. The Morgan fingerprint density at radius 1 is 1.47 bits per heavy atom. The molecule has 0 aliphatic carbocycles. The lowest BCUT2D eigenvalue weighted by molar-refractivity contribution is -0.430. The zero-order chi connectivity index (χ0) is 12.8. The Hall–Kier alpha value is -1.75. The second kappa shape index (κ2) is 6.10. The lowest BCUT2D eigenvalue weighted by Gasteiger charge is -2.13. The van der Waals surface area contributed by atoms with Crippen molar-refractivity contribution in [3.8, 4) is 11.5 Å². The highest BCUT2D eigenvalue weighted by atomic mass is 16.5. The van der Waals surface area contributed by atoms with Gasteiger partial charge in [-0.1, -0.05) is 0 Å². The van der Waals surface area contributed by atoms with Crippen LogP contribution in [0.2, 0.25) is 0 Å². The van der Waals surface area contributed by atoms with Gasteiger partial charge in [-0.25, -0.2) is 0 Å². The molecule has 94 valence electrons. The second-order valence-corrected chi connectivity index (χ2v) is 3.62. The van der Waals surface area contributed by atoms with Crippen molar-refractivity contribution in [3.05, 3.63) is 23.8 Å². The zero-order valence-electron chi connectivity index (χ0n) is 10.1. The van der Waals surface area contributed by atoms with Crippen LogP contribution >= 0.6 is 0 Å². The molecule has 1 unspecified atom stereocenters. The number of methoxy groups -OCH3 is 1. The first kappa shape index (κ1) is 13.3. The third-order valence-corrected chi connectivity index (χ3v) is 2.37. The number of rotatable bonds is 6. The summed E-state index contributed by atoms with van der Waals surface area (Å²) < 4.78 is 10.5. The van der Waals surface area contributed by atoms with Crippen molar-refractivity contribution in [2.45, 2.75) is 19.4 Å². The number of quaternary nitrogens is 1. The van der Waals surface area contributed by atoms with Crippen molar-refractivity contribution in [3.63, 3.8) is 0 Å². The summed E-state index contributed by atoms with van der Waals surface area (Å²) in [4.78, 5) is 10.5. The van der Waals surface area contributed by atoms with Crippen LogP contribution in [-0.2, 0) is 4.79 Å². The lowest BCUT2D eigenvalue weighted by Crippen LogP contribution is -2.55. The van der Waals surface area contributed by atoms with Gasteiger partial charge in [0, 0.05) is 18.0 Å². The van der Waals surface area contributed by atoms with Gasteiger partial charge in [-0.3, -0.25) is 0 Å². The van der Waals surface area contributed by atoms with Crippen LogP contribution in [0, 0.1) is 0 Å². The van der Waals surface area contributed by atoms with Crippen LogP contribution in [0.1, 0.15) is 24.9 Å². The summed E-state index contributed by atoms with van der Waals surface area (Å²) in [7, 11) is 1.54. The van der Waals surface area contributed by atoms with Crippen LogP contribution in [0.15, 0.2) is 18.2 Å². The molecule has 0 bridgehead atoms. The molecule has 0 saturated carbocycles. The summed E-state index contributed by atoms with van der Waals surface area (Å²) >= 11 is 0. The zero-order valence-corrected chi connectivity index (χ0v) is 10.1. The maximum atomic E-state index is 10.5. The quantitative estimate of drug-likeness (QED) is 0.726. The van der Waals surface area contributed by atoms with E-state index in [-0.39, 0.29) is 12.5 Å². The fourth-order valence-corrected chi connectivity index (χ4v) is 1.53. The van der Waals surface area contributed by atoms with Gasteiger partial charge in [-0.05, 0) is 25.1 Å². The SMILES string of the molecule is CCOc1ccc(C([NH3+])CC(=O)[O-])cc1OC. The van der Waals surface area contributed by atoms with E-state index in [1.165, 1.54) is 0 Å². The van der Waals surface area contributed by atoms with Gasteiger partial charge >= 0.3 is 0 Å². The predicted molar refractivity (Wildman–Crippen MR) is 59.4 cm³/mol. The molecule has 0 heterocycles. The number of hydrogen-bond acceptors (Lipinski definition) is 4. The Morgan fingerprint density at radius 3 is 2.71 bits per heavy atom. The van der Waals surface area contributed by atoms with Crippen LogP contribution in [-0.4, -0.2) is 19.7 Å². The molecule has 5 nitrogen and oxygen atoms in total. The van der Waals surface area contributed by atoms with Gasteiger partial charge in [0.15, 0.2) is 11.5 Å². The molecule has 1 aromatic rings. The summed E-state index contributed by atoms with van der Waals surface area (Å²) in [6, 6.07) is 4.93. The topological polar surface area (TPSA) is 86.2 Å². The lowest BCUT2D eigenvalue weighted by atomic mass is 10.0. The standard InChI is InChI=1S/C12H17NO4/c1-3-17-10-5-4-8(6-11(10)16-2)9(13)7-12(14)15/h4-6,9H,3,7,13H2,1-2H3,(H,14,15). The molecule has 0 aliphatic rings. The first-order valence-corrected chi connectivity index (χ1v) is 5.42. The molecule has 1 aromatic carbocycles. The average molecular weight is 239 g/mol. The van der Waals surface area contributed by atoms with Crippen LogP contribution < -0.4 is 20.3 Å². The van der Waals surface area contributed by atoms with E-state index < -0.39 is 5.97 Å². The molecule has 1 rings (SSSR count). The molecule has 5 heteroatoms. The molecule has 0 aliphatic heterocycles. The van der Waals surface area contributed by atoms with E-state index in [1.54, 1.807) is 25.3 Å². The van der Waals surface area contributed by atoms with Crippen molar-refractivity contribution in [1.29, 1.82) is 0 Å². The number of ether oxygens (including phenoxy) is 2. The minimum Gasteiger partial charge on any atom is -0.550 e. The van der Waals surface area contributed by atoms with Gasteiger partial charge in [-0.15, -0.1) is 0 Å². The summed E-state index contributed by atoms with van der Waals surface area (Å²) in [6.07, 6.45) is -0.114. The monoisotopic (exact) mass is 239 g/mol. The Labute approximate surface area is 100 Å². The highest BCUT2D eigenvalue weighted by Gasteiger charge is 2.13. The number of benzene rings is 1. The molecule has 0 spiro atoms. The number of carbonyl (C=O) groups excluding carboxylic acids is 1. The Balaban J connectivity index is 2.92. The first-order chi connectivity index (χ1) is 8.08. The number of carbonyl (C=O) groups is 1. The van der Waals surface area contributed by atoms with Crippen molar-refractivity contribution in [1.82, 2.24) is 0 Å². The highest BCUT2D eigenvalue weighted by Crippen LogP contribution is 2.29. The molecule has 0 saturated heterocycles. The first-order valence-electron chi connectivity index (χ1n) is 5.42. The molecule has 0 aromatic heterocycles. The third kappa shape index (κ3) is 3.64. The van der Waals surface area contributed by atoms with Crippen molar-refractivity contribution < 1.29 is 25.1 Å². The van der Waals surface area contributed by atoms with E-state index >= 15 is 0 Å². The van der Waals surface area contributed by atoms with E-state index in [9.17, 15) is 9.90 Å². The molecular formula is C12H17NO4. The fourth-order valence-electron chi connectivity index (χ4n) is 1.53. The van der Waals surface area contributed by atoms with Crippen molar-refractivity contribution >= 4 is 5.97 Å². The second-order valence-electron chi connectivity index (χ2n) is 3.62. The Kier molecular flexibility index (Phi) is 4.78. The smallest absolute Gasteiger partial charge is 0.161 e. The molecule has 17 heavy (non-hydrogen) atoms. The van der Waals surface area contributed by atoms with Gasteiger partial charge in [0.2, 0.25) is 0 Å². The van der Waals surface area contributed by atoms with Gasteiger partial charge in [-0.2, -0.15) is 0 Å². The van der Waals surface area contributed by atoms with E-state index in [0.29, 0.717) is 18.1 Å². The van der Waals surface area contributed by atoms with Crippen molar-refractivity contribution in [2.24, 2.45) is 0 Å². The maximum absolute atomic E-state index is 10.5. The summed E-state index contributed by atoms with van der Waals surface area (Å²) in [5.74, 6) is 0.105. The van der Waals surface area contributed by atoms with E-state index in [0.717, 1.165) is 5.56 Å². The van der Waals surface area contributed by atoms with E-state index in [4.69, 9.17) is 9.47 Å². The van der Waals surface area contributed by atoms with Crippen LogP contribution in [0.4, 0.5) is 0 Å². The van der Waals surface area contributed by atoms with Crippen LogP contribution in [0.5, 0.6) is 11.5 Å². The molecule has 0 radical (unpaired) electrons. The number of aliphatic carboxylic acids is 1. The molecule has 3 N–H and O–H groups in total. The Morgan fingerprint density at radius 2 is 2.18 bits per heavy atom. The number of carboxylic acid groups (broad SMARTS) is 1. The van der Waals surface area contributed by atoms with Gasteiger partial charge in [0.1, 0.15) is 6.04 Å². The minimum absolute atomic E-state index is 0.114. The largest absolute Gasteiger partial charge is 0.550 e. The normalized spacial score (nSPS) is 11.9. The number of hydrogen-bond donors (Lipinski definition) is 1.